The Hall–Kier alpha value is -2.18. The van der Waals surface area contributed by atoms with E-state index in [4.69, 9.17) is 4.74 Å². The van der Waals surface area contributed by atoms with Crippen molar-refractivity contribution in [3.05, 3.63) is 48.6 Å². The molecule has 3 unspecified atom stereocenters. The van der Waals surface area contributed by atoms with E-state index in [1.54, 1.807) is 0 Å². The Balaban J connectivity index is 4.58. The van der Waals surface area contributed by atoms with Gasteiger partial charge in [-0.3, -0.25) is 9.59 Å². The van der Waals surface area contributed by atoms with Crippen LogP contribution in [0.15, 0.2) is 48.6 Å². The van der Waals surface area contributed by atoms with Crippen LogP contribution in [0.4, 0.5) is 0 Å². The molecule has 3 N–H and O–H groups in total. The molecule has 0 saturated heterocycles. The van der Waals surface area contributed by atoms with E-state index in [2.05, 4.69) is 74.7 Å². The molecule has 0 fully saturated rings. The SMILES string of the molecule is CCCCC/C=C/C=C/CCCCCCC(CC(=O)NC(CO)C(O)CCCCCCCCCCCCCCCC)OC(=O)CCCCCCC/C=C/C=C/CCCCCCCCC. The van der Waals surface area contributed by atoms with Crippen LogP contribution < -0.4 is 5.32 Å². The Labute approximate surface area is 397 Å². The van der Waals surface area contributed by atoms with E-state index in [1.165, 1.54) is 148 Å². The molecule has 0 saturated carbocycles. The highest BCUT2D eigenvalue weighted by atomic mass is 16.5. The summed E-state index contributed by atoms with van der Waals surface area (Å²) in [5.41, 5.74) is 0. The molecule has 64 heavy (non-hydrogen) atoms. The molecule has 0 aromatic rings. The van der Waals surface area contributed by atoms with Crippen molar-refractivity contribution >= 4 is 11.9 Å². The number of unbranched alkanes of at least 4 members (excludes halogenated alkanes) is 32. The van der Waals surface area contributed by atoms with Gasteiger partial charge in [0, 0.05) is 6.42 Å². The molecule has 1 amide bonds. The number of ether oxygens (including phenoxy) is 1. The number of carbonyl (C=O) groups is 2. The van der Waals surface area contributed by atoms with Crippen molar-refractivity contribution in [1.82, 2.24) is 5.32 Å². The number of aliphatic hydroxyl groups excluding tert-OH is 2. The summed E-state index contributed by atoms with van der Waals surface area (Å²) >= 11 is 0. The van der Waals surface area contributed by atoms with Gasteiger partial charge in [-0.05, 0) is 77.0 Å². The fraction of sp³-hybridized carbons (Fsp3) is 0.828. The van der Waals surface area contributed by atoms with Crippen molar-refractivity contribution in [2.75, 3.05) is 6.61 Å². The van der Waals surface area contributed by atoms with Crippen molar-refractivity contribution in [2.24, 2.45) is 0 Å². The average Bonchev–Trinajstić information content (AvgIpc) is 3.29. The lowest BCUT2D eigenvalue weighted by molar-refractivity contribution is -0.151. The first-order valence-electron chi connectivity index (χ1n) is 27.9. The maximum atomic E-state index is 13.2. The van der Waals surface area contributed by atoms with E-state index in [1.807, 2.05) is 0 Å². The molecule has 0 aliphatic rings. The first-order chi connectivity index (χ1) is 31.5. The average molecular weight is 898 g/mol. The van der Waals surface area contributed by atoms with E-state index in [0.29, 0.717) is 19.3 Å². The summed E-state index contributed by atoms with van der Waals surface area (Å²) in [6, 6.07) is -0.711. The molecular weight excluding hydrogens is 791 g/mol. The third-order valence-corrected chi connectivity index (χ3v) is 12.7. The molecule has 0 bridgehead atoms. The van der Waals surface area contributed by atoms with Crippen LogP contribution in [-0.2, 0) is 14.3 Å². The second-order valence-corrected chi connectivity index (χ2v) is 19.0. The zero-order valence-electron chi connectivity index (χ0n) is 42.7. The van der Waals surface area contributed by atoms with Crippen molar-refractivity contribution in [3.8, 4) is 0 Å². The van der Waals surface area contributed by atoms with Gasteiger partial charge in [0.1, 0.15) is 6.10 Å². The highest BCUT2D eigenvalue weighted by Crippen LogP contribution is 2.18. The van der Waals surface area contributed by atoms with Crippen LogP contribution in [0.2, 0.25) is 0 Å². The molecule has 6 nitrogen and oxygen atoms in total. The van der Waals surface area contributed by atoms with Gasteiger partial charge in [-0.25, -0.2) is 0 Å². The molecule has 0 heterocycles. The van der Waals surface area contributed by atoms with Gasteiger partial charge in [-0.15, -0.1) is 0 Å². The quantitative estimate of drug-likeness (QED) is 0.0321. The highest BCUT2D eigenvalue weighted by Gasteiger charge is 2.24. The van der Waals surface area contributed by atoms with Gasteiger partial charge in [0.2, 0.25) is 5.91 Å². The molecule has 374 valence electrons. The smallest absolute Gasteiger partial charge is 0.306 e. The minimum Gasteiger partial charge on any atom is -0.462 e. The second-order valence-electron chi connectivity index (χ2n) is 19.0. The van der Waals surface area contributed by atoms with Crippen LogP contribution in [0.5, 0.6) is 0 Å². The third-order valence-electron chi connectivity index (χ3n) is 12.7. The van der Waals surface area contributed by atoms with Crippen LogP contribution >= 0.6 is 0 Å². The third kappa shape index (κ3) is 46.4. The van der Waals surface area contributed by atoms with Crippen molar-refractivity contribution < 1.29 is 24.5 Å². The number of carbonyl (C=O) groups excluding carboxylic acids is 2. The molecular formula is C58H107NO5. The molecule has 0 aliphatic carbocycles. The van der Waals surface area contributed by atoms with E-state index in [-0.39, 0.29) is 24.9 Å². The molecule has 0 rings (SSSR count). The first kappa shape index (κ1) is 61.8. The number of amides is 1. The summed E-state index contributed by atoms with van der Waals surface area (Å²) in [6.45, 7) is 6.46. The monoisotopic (exact) mass is 898 g/mol. The lowest BCUT2D eigenvalue weighted by Gasteiger charge is -2.24. The summed E-state index contributed by atoms with van der Waals surface area (Å²) in [5.74, 6) is -0.504. The maximum absolute atomic E-state index is 13.2. The van der Waals surface area contributed by atoms with Gasteiger partial charge in [-0.1, -0.05) is 243 Å². The summed E-state index contributed by atoms with van der Waals surface area (Å²) in [4.78, 5) is 26.2. The zero-order valence-corrected chi connectivity index (χ0v) is 42.7. The van der Waals surface area contributed by atoms with Crippen molar-refractivity contribution in [3.63, 3.8) is 0 Å². The van der Waals surface area contributed by atoms with E-state index in [0.717, 1.165) is 89.9 Å². The molecule has 6 heteroatoms. The topological polar surface area (TPSA) is 95.9 Å². The highest BCUT2D eigenvalue weighted by molar-refractivity contribution is 5.77. The van der Waals surface area contributed by atoms with Crippen LogP contribution in [0.25, 0.3) is 0 Å². The molecule has 0 aliphatic heterocycles. The van der Waals surface area contributed by atoms with Gasteiger partial charge < -0.3 is 20.3 Å². The number of hydrogen-bond acceptors (Lipinski definition) is 5. The van der Waals surface area contributed by atoms with Gasteiger partial charge in [0.25, 0.3) is 0 Å². The summed E-state index contributed by atoms with van der Waals surface area (Å²) in [6.07, 6.45) is 63.1. The Morgan fingerprint density at radius 3 is 1.19 bits per heavy atom. The molecule has 0 radical (unpaired) electrons. The largest absolute Gasteiger partial charge is 0.462 e. The Kier molecular flexibility index (Phi) is 50.0. The molecule has 0 aromatic heterocycles. The predicted octanol–water partition coefficient (Wildman–Crippen LogP) is 17.0. The fourth-order valence-corrected chi connectivity index (χ4v) is 8.41. The number of esters is 1. The van der Waals surface area contributed by atoms with Crippen LogP contribution in [0.1, 0.15) is 284 Å². The molecule has 0 spiro atoms. The summed E-state index contributed by atoms with van der Waals surface area (Å²) < 4.78 is 5.93. The van der Waals surface area contributed by atoms with Crippen LogP contribution in [0.3, 0.4) is 0 Å². The maximum Gasteiger partial charge on any atom is 0.306 e. The second kappa shape index (κ2) is 51.8. The van der Waals surface area contributed by atoms with E-state index in [9.17, 15) is 19.8 Å². The number of aliphatic hydroxyl groups is 2. The Morgan fingerprint density at radius 2 is 0.781 bits per heavy atom. The summed E-state index contributed by atoms with van der Waals surface area (Å²) in [7, 11) is 0. The van der Waals surface area contributed by atoms with Gasteiger partial charge >= 0.3 is 5.97 Å². The van der Waals surface area contributed by atoms with Crippen molar-refractivity contribution in [2.45, 2.75) is 302 Å². The standard InChI is InChI=1S/C58H107NO5/c1-4-7-10-13-16-19-22-25-27-28-29-30-33-36-39-42-45-48-51-58(63)64-54(49-46-43-40-37-34-31-24-21-18-15-12-9-6-3)52-57(62)59-55(53-60)56(61)50-47-44-41-38-35-32-26-23-20-17-14-11-8-5-2/h18,21,24,27-31,54-56,60-61H,4-17,19-20,22-23,25-26,32-53H2,1-3H3,(H,59,62)/b21-18+,28-27+,30-29+,31-24+. The Morgan fingerprint density at radius 1 is 0.453 bits per heavy atom. The zero-order chi connectivity index (χ0) is 46.7. The predicted molar refractivity (Wildman–Crippen MR) is 278 cm³/mol. The lowest BCUT2D eigenvalue weighted by atomic mass is 10.0. The number of hydrogen-bond donors (Lipinski definition) is 3. The number of nitrogens with one attached hydrogen (secondary N) is 1. The molecule has 3 atom stereocenters. The number of allylic oxidation sites excluding steroid dienone is 8. The number of rotatable bonds is 50. The molecule has 0 aromatic carbocycles. The fourth-order valence-electron chi connectivity index (χ4n) is 8.41. The lowest BCUT2D eigenvalue weighted by Crippen LogP contribution is -2.46. The normalized spacial score (nSPS) is 13.5. The van der Waals surface area contributed by atoms with Crippen LogP contribution in [0, 0.1) is 0 Å². The van der Waals surface area contributed by atoms with Gasteiger partial charge in [-0.2, -0.15) is 0 Å². The summed E-state index contributed by atoms with van der Waals surface area (Å²) in [5, 5.41) is 23.8. The van der Waals surface area contributed by atoms with Gasteiger partial charge in [0.05, 0.1) is 25.2 Å². The van der Waals surface area contributed by atoms with Gasteiger partial charge in [0.15, 0.2) is 0 Å². The minimum atomic E-state index is -0.796. The van der Waals surface area contributed by atoms with Crippen molar-refractivity contribution in [1.29, 1.82) is 0 Å². The minimum absolute atomic E-state index is 0.0585. The van der Waals surface area contributed by atoms with E-state index < -0.39 is 18.2 Å². The Bertz CT molecular complexity index is 1100. The first-order valence-corrected chi connectivity index (χ1v) is 27.9. The van der Waals surface area contributed by atoms with E-state index >= 15 is 0 Å². The van der Waals surface area contributed by atoms with Crippen LogP contribution in [-0.4, -0.2) is 46.9 Å².